The van der Waals surface area contributed by atoms with Crippen molar-refractivity contribution in [2.75, 3.05) is 0 Å². The Morgan fingerprint density at radius 2 is 2.45 bits per heavy atom. The minimum absolute atomic E-state index is 0.875. The number of hydrogen-bond donors (Lipinski definition) is 1. The summed E-state index contributed by atoms with van der Waals surface area (Å²) in [7, 11) is 0. The van der Waals surface area contributed by atoms with Crippen molar-refractivity contribution in [2.24, 2.45) is 9.98 Å². The fourth-order valence-corrected chi connectivity index (χ4v) is 0.993. The van der Waals surface area contributed by atoms with E-state index in [9.17, 15) is 0 Å². The molecule has 0 saturated heterocycles. The number of amidine groups is 1. The average Bonchev–Trinajstić information content (AvgIpc) is 2.06. The van der Waals surface area contributed by atoms with Gasteiger partial charge in [-0.1, -0.05) is 0 Å². The van der Waals surface area contributed by atoms with Crippen molar-refractivity contribution in [3.63, 3.8) is 0 Å². The second kappa shape index (κ2) is 2.23. The number of fused-ring (bicyclic) bond motifs is 1. The van der Waals surface area contributed by atoms with Gasteiger partial charge < -0.3 is 5.32 Å². The number of rotatable bonds is 0. The summed E-state index contributed by atoms with van der Waals surface area (Å²) in [6.45, 7) is 1.94. The van der Waals surface area contributed by atoms with Crippen LogP contribution >= 0.6 is 0 Å². The highest BCUT2D eigenvalue weighted by Gasteiger charge is 2.13. The summed E-state index contributed by atoms with van der Waals surface area (Å²) in [5.41, 5.74) is 0. The molecular weight excluding hydrogens is 140 g/mol. The Morgan fingerprint density at radius 1 is 1.55 bits per heavy atom. The van der Waals surface area contributed by atoms with Crippen LogP contribution in [0.1, 0.15) is 6.92 Å². The van der Waals surface area contributed by atoms with E-state index < -0.39 is 0 Å². The second-order valence-electron chi connectivity index (χ2n) is 2.28. The van der Waals surface area contributed by atoms with Gasteiger partial charge in [0.25, 0.3) is 0 Å². The van der Waals surface area contributed by atoms with Gasteiger partial charge in [0.2, 0.25) is 0 Å². The lowest BCUT2D eigenvalue weighted by atomic mass is 10.4. The topological polar surface area (TPSA) is 40.0 Å². The van der Waals surface area contributed by atoms with E-state index in [2.05, 4.69) is 15.3 Å². The maximum Gasteiger partial charge on any atom is 0.156 e. The van der Waals surface area contributed by atoms with Gasteiger partial charge in [-0.25, -0.2) is 9.98 Å². The summed E-state index contributed by atoms with van der Waals surface area (Å²) in [6, 6.07) is 0. The van der Waals surface area contributed by atoms with E-state index in [-0.39, 0.29) is 0 Å². The zero-order valence-electron chi connectivity index (χ0n) is 6.15. The number of hydrogen-bond acceptors (Lipinski definition) is 4. The highest BCUT2D eigenvalue weighted by atomic mass is 15.3. The van der Waals surface area contributed by atoms with E-state index in [4.69, 9.17) is 0 Å². The smallest absolute Gasteiger partial charge is 0.156 e. The largest absolute Gasteiger partial charge is 0.363 e. The lowest BCUT2D eigenvalue weighted by molar-refractivity contribution is 0.640. The fourth-order valence-electron chi connectivity index (χ4n) is 0.993. The summed E-state index contributed by atoms with van der Waals surface area (Å²) in [6.07, 6.45) is 7.11. The van der Waals surface area contributed by atoms with Gasteiger partial charge in [-0.15, -0.1) is 0 Å². The third kappa shape index (κ3) is 0.920. The average molecular weight is 148 g/mol. The van der Waals surface area contributed by atoms with Crippen LogP contribution in [0.4, 0.5) is 0 Å². The van der Waals surface area contributed by atoms with Gasteiger partial charge in [-0.2, -0.15) is 0 Å². The van der Waals surface area contributed by atoms with Crippen LogP contribution in [0.2, 0.25) is 0 Å². The normalized spacial score (nSPS) is 20.3. The lowest BCUT2D eigenvalue weighted by Gasteiger charge is -2.24. The molecule has 0 amide bonds. The van der Waals surface area contributed by atoms with Crippen molar-refractivity contribution in [1.82, 2.24) is 10.2 Å². The molecule has 0 fully saturated rings. The van der Waals surface area contributed by atoms with Crippen molar-refractivity contribution in [3.8, 4) is 0 Å². The summed E-state index contributed by atoms with van der Waals surface area (Å²) in [5.74, 6) is 1.81. The Morgan fingerprint density at radius 3 is 3.27 bits per heavy atom. The molecule has 0 aromatic rings. The molecule has 0 bridgehead atoms. The number of nitrogens with zero attached hydrogens (tertiary/aromatic N) is 3. The van der Waals surface area contributed by atoms with Gasteiger partial charge in [-0.05, 0) is 6.92 Å². The fraction of sp³-hybridized carbons (Fsp3) is 0.143. The molecule has 1 N–H and O–H groups in total. The molecule has 4 heteroatoms. The lowest BCUT2D eigenvalue weighted by Crippen LogP contribution is -2.28. The minimum Gasteiger partial charge on any atom is -0.363 e. The van der Waals surface area contributed by atoms with Crippen LogP contribution < -0.4 is 5.32 Å². The van der Waals surface area contributed by atoms with Gasteiger partial charge >= 0.3 is 0 Å². The first-order chi connectivity index (χ1) is 5.38. The van der Waals surface area contributed by atoms with Gasteiger partial charge in [0.15, 0.2) is 5.82 Å². The molecule has 0 aromatic carbocycles. The monoisotopic (exact) mass is 148 g/mol. The minimum atomic E-state index is 0.875. The molecule has 0 unspecified atom stereocenters. The third-order valence-corrected chi connectivity index (χ3v) is 1.56. The maximum absolute atomic E-state index is 4.06. The standard InChI is InChI=1S/C7H8N4/c1-6-9-5-10-7-4-8-2-3-11(6)7/h2-5,8H,1H3. The molecule has 0 atom stereocenters. The molecule has 0 spiro atoms. The zero-order chi connectivity index (χ0) is 7.68. The van der Waals surface area contributed by atoms with Crippen LogP contribution in [0, 0.1) is 0 Å². The molecule has 11 heavy (non-hydrogen) atoms. The van der Waals surface area contributed by atoms with Crippen molar-refractivity contribution in [2.45, 2.75) is 6.92 Å². The zero-order valence-corrected chi connectivity index (χ0v) is 6.15. The van der Waals surface area contributed by atoms with Gasteiger partial charge in [0, 0.05) is 18.6 Å². The Bertz CT molecular complexity index is 285. The SMILES string of the molecule is CC1=NC=NC2=CNC=CN21. The van der Waals surface area contributed by atoms with Gasteiger partial charge in [-0.3, -0.25) is 4.90 Å². The Hall–Kier alpha value is -1.58. The molecule has 2 aliphatic heterocycles. The summed E-state index contributed by atoms with van der Waals surface area (Å²) < 4.78 is 0. The van der Waals surface area contributed by atoms with E-state index in [0.717, 1.165) is 11.7 Å². The maximum atomic E-state index is 4.06. The first-order valence-electron chi connectivity index (χ1n) is 3.37. The van der Waals surface area contributed by atoms with E-state index in [1.54, 1.807) is 6.34 Å². The van der Waals surface area contributed by atoms with Crippen LogP contribution in [0.25, 0.3) is 0 Å². The van der Waals surface area contributed by atoms with Crippen molar-refractivity contribution in [1.29, 1.82) is 0 Å². The highest BCUT2D eigenvalue weighted by Crippen LogP contribution is 2.12. The predicted molar refractivity (Wildman–Crippen MR) is 43.8 cm³/mol. The van der Waals surface area contributed by atoms with Crippen LogP contribution in [-0.4, -0.2) is 17.1 Å². The Kier molecular flexibility index (Phi) is 1.25. The third-order valence-electron chi connectivity index (χ3n) is 1.56. The van der Waals surface area contributed by atoms with Crippen LogP contribution in [0.5, 0.6) is 0 Å². The van der Waals surface area contributed by atoms with Crippen LogP contribution in [0.15, 0.2) is 34.4 Å². The quantitative estimate of drug-likeness (QED) is 0.547. The number of nitrogens with one attached hydrogen (secondary N) is 1. The summed E-state index contributed by atoms with van der Waals surface area (Å²) >= 11 is 0. The Balaban J connectivity index is 2.37. The van der Waals surface area contributed by atoms with Crippen molar-refractivity contribution in [3.05, 3.63) is 24.4 Å². The van der Waals surface area contributed by atoms with Crippen LogP contribution in [0.3, 0.4) is 0 Å². The predicted octanol–water partition coefficient (Wildman–Crippen LogP) is 0.622. The highest BCUT2D eigenvalue weighted by molar-refractivity contribution is 5.91. The molecule has 0 radical (unpaired) electrons. The van der Waals surface area contributed by atoms with Crippen LogP contribution in [-0.2, 0) is 0 Å². The Labute approximate surface area is 64.6 Å². The molecule has 56 valence electrons. The summed E-state index contributed by atoms with van der Waals surface area (Å²) in [5, 5.41) is 2.95. The van der Waals surface area contributed by atoms with Gasteiger partial charge in [0.1, 0.15) is 12.2 Å². The van der Waals surface area contributed by atoms with E-state index in [0.29, 0.717) is 0 Å². The number of aliphatic imine (C=N–C) groups is 2. The second-order valence-corrected chi connectivity index (χ2v) is 2.28. The molecule has 2 aliphatic rings. The molecule has 2 heterocycles. The van der Waals surface area contributed by atoms with Crippen molar-refractivity contribution >= 4 is 12.2 Å². The molecule has 0 saturated carbocycles. The first-order valence-corrected chi connectivity index (χ1v) is 3.37. The molecular formula is C7H8N4. The van der Waals surface area contributed by atoms with E-state index in [1.807, 2.05) is 30.4 Å². The van der Waals surface area contributed by atoms with Gasteiger partial charge in [0.05, 0.1) is 0 Å². The summed E-state index contributed by atoms with van der Waals surface area (Å²) in [4.78, 5) is 10.0. The molecule has 2 rings (SSSR count). The molecule has 4 nitrogen and oxygen atoms in total. The van der Waals surface area contributed by atoms with E-state index >= 15 is 0 Å². The van der Waals surface area contributed by atoms with E-state index in [1.165, 1.54) is 0 Å². The molecule has 0 aromatic heterocycles. The molecule has 0 aliphatic carbocycles. The van der Waals surface area contributed by atoms with Crippen molar-refractivity contribution < 1.29 is 0 Å². The first kappa shape index (κ1) is 6.15.